The maximum atomic E-state index is 12.4. The molecule has 0 radical (unpaired) electrons. The highest BCUT2D eigenvalue weighted by Gasteiger charge is 2.10. The number of hydrogen-bond donors (Lipinski definition) is 0. The van der Waals surface area contributed by atoms with E-state index in [2.05, 4.69) is 25.9 Å². The van der Waals surface area contributed by atoms with E-state index in [0.717, 1.165) is 0 Å². The first-order valence-electron chi connectivity index (χ1n) is 2.80. The maximum absolute atomic E-state index is 12.4. The van der Waals surface area contributed by atoms with Crippen LogP contribution in [0.25, 0.3) is 5.83 Å². The molecule has 0 atom stereocenters. The molecular weight excluding hydrogens is 237 g/mol. The fourth-order valence-corrected chi connectivity index (χ4v) is 0.715. The van der Waals surface area contributed by atoms with Gasteiger partial charge in [0.05, 0.1) is 4.47 Å². The van der Waals surface area contributed by atoms with Crippen LogP contribution in [-0.4, -0.2) is 9.97 Å². The molecule has 0 aromatic carbocycles. The van der Waals surface area contributed by atoms with Gasteiger partial charge >= 0.3 is 6.08 Å². The summed E-state index contributed by atoms with van der Waals surface area (Å²) in [6, 6.07) is 0. The summed E-state index contributed by atoms with van der Waals surface area (Å²) in [5.74, 6) is -2.30. The predicted molar refractivity (Wildman–Crippen MR) is 40.0 cm³/mol. The van der Waals surface area contributed by atoms with Gasteiger partial charge in [-0.3, -0.25) is 0 Å². The molecule has 0 amide bonds. The van der Waals surface area contributed by atoms with E-state index >= 15 is 0 Å². The maximum Gasteiger partial charge on any atom is 0.309 e. The van der Waals surface area contributed by atoms with Gasteiger partial charge in [0.2, 0.25) is 5.83 Å². The normalized spacial score (nSPS) is 9.67. The average molecular weight is 239 g/mol. The van der Waals surface area contributed by atoms with Crippen LogP contribution in [0.4, 0.5) is 13.2 Å². The van der Waals surface area contributed by atoms with E-state index in [1.54, 1.807) is 0 Å². The van der Waals surface area contributed by atoms with Gasteiger partial charge in [-0.1, -0.05) is 0 Å². The van der Waals surface area contributed by atoms with Crippen molar-refractivity contribution >= 4 is 21.8 Å². The molecule has 0 bridgehead atoms. The lowest BCUT2D eigenvalue weighted by Crippen LogP contribution is -1.89. The molecule has 0 spiro atoms. The Balaban J connectivity index is 3.06. The molecule has 1 rings (SSSR count). The number of rotatable bonds is 1. The minimum absolute atomic E-state index is 0.498. The van der Waals surface area contributed by atoms with Gasteiger partial charge < -0.3 is 0 Å². The highest BCUT2D eigenvalue weighted by atomic mass is 79.9. The largest absolute Gasteiger partial charge is 0.309 e. The molecule has 1 aromatic heterocycles. The van der Waals surface area contributed by atoms with Crippen LogP contribution in [0.5, 0.6) is 0 Å². The van der Waals surface area contributed by atoms with E-state index < -0.39 is 17.7 Å². The number of aromatic nitrogens is 2. The molecule has 2 nitrogen and oxygen atoms in total. The van der Waals surface area contributed by atoms with E-state index in [1.165, 1.54) is 12.4 Å². The summed E-state index contributed by atoms with van der Waals surface area (Å²) < 4.78 is 36.1. The van der Waals surface area contributed by atoms with Gasteiger partial charge in [-0.2, -0.15) is 13.2 Å². The van der Waals surface area contributed by atoms with E-state index in [1.807, 2.05) is 0 Å². The van der Waals surface area contributed by atoms with Gasteiger partial charge in [-0.15, -0.1) is 0 Å². The van der Waals surface area contributed by atoms with Gasteiger partial charge in [-0.05, 0) is 15.9 Å². The molecule has 0 unspecified atom stereocenters. The molecule has 0 aliphatic carbocycles. The van der Waals surface area contributed by atoms with Crippen LogP contribution in [0.15, 0.2) is 22.9 Å². The van der Waals surface area contributed by atoms with Crippen molar-refractivity contribution in [2.24, 2.45) is 0 Å². The third-order valence-electron chi connectivity index (χ3n) is 0.983. The second-order valence-electron chi connectivity index (χ2n) is 1.80. The Bertz CT molecular complexity index is 305. The Morgan fingerprint density at radius 3 is 2.08 bits per heavy atom. The highest BCUT2D eigenvalue weighted by molar-refractivity contribution is 9.10. The Hall–Kier alpha value is -0.910. The summed E-state index contributed by atoms with van der Waals surface area (Å²) in [5.41, 5.74) is 0. The van der Waals surface area contributed by atoms with E-state index in [-0.39, 0.29) is 0 Å². The van der Waals surface area contributed by atoms with Crippen LogP contribution in [0.2, 0.25) is 0 Å². The van der Waals surface area contributed by atoms with Crippen molar-refractivity contribution in [1.82, 2.24) is 9.97 Å². The summed E-state index contributed by atoms with van der Waals surface area (Å²) in [5, 5.41) is 0. The van der Waals surface area contributed by atoms with Crippen molar-refractivity contribution in [3.8, 4) is 0 Å². The molecule has 12 heavy (non-hydrogen) atoms. The van der Waals surface area contributed by atoms with Gasteiger partial charge in [0, 0.05) is 12.4 Å². The highest BCUT2D eigenvalue weighted by Crippen LogP contribution is 2.18. The van der Waals surface area contributed by atoms with Crippen LogP contribution >= 0.6 is 15.9 Å². The lowest BCUT2D eigenvalue weighted by Gasteiger charge is -1.93. The molecule has 0 N–H and O–H groups in total. The third-order valence-corrected chi connectivity index (χ3v) is 1.39. The first-order valence-corrected chi connectivity index (χ1v) is 3.59. The Labute approximate surface area is 74.3 Å². The summed E-state index contributed by atoms with van der Waals surface area (Å²) in [6.45, 7) is 0. The topological polar surface area (TPSA) is 25.8 Å². The van der Waals surface area contributed by atoms with Gasteiger partial charge in [-0.25, -0.2) is 9.97 Å². The summed E-state index contributed by atoms with van der Waals surface area (Å²) in [7, 11) is 0. The van der Waals surface area contributed by atoms with Crippen molar-refractivity contribution in [3.05, 3.63) is 28.8 Å². The lowest BCUT2D eigenvalue weighted by molar-refractivity contribution is 0.409. The molecule has 0 saturated heterocycles. The van der Waals surface area contributed by atoms with Crippen LogP contribution in [0.1, 0.15) is 5.82 Å². The first-order chi connectivity index (χ1) is 5.61. The average Bonchev–Trinajstić information content (AvgIpc) is 2.04. The van der Waals surface area contributed by atoms with Crippen molar-refractivity contribution in [2.45, 2.75) is 0 Å². The van der Waals surface area contributed by atoms with Crippen molar-refractivity contribution in [1.29, 1.82) is 0 Å². The molecule has 1 heterocycles. The third kappa shape index (κ3) is 2.04. The van der Waals surface area contributed by atoms with E-state index in [4.69, 9.17) is 0 Å². The molecule has 64 valence electrons. The minimum atomic E-state index is -2.42. The molecule has 0 fully saturated rings. The lowest BCUT2D eigenvalue weighted by atomic mass is 10.5. The smallest absolute Gasteiger partial charge is 0.233 e. The van der Waals surface area contributed by atoms with Crippen molar-refractivity contribution in [2.75, 3.05) is 0 Å². The Morgan fingerprint density at radius 1 is 1.17 bits per heavy atom. The zero-order chi connectivity index (χ0) is 9.14. The molecular formula is C6H2BrF3N2. The van der Waals surface area contributed by atoms with Gasteiger partial charge in [0.15, 0.2) is 5.82 Å². The Morgan fingerprint density at radius 2 is 1.67 bits per heavy atom. The monoisotopic (exact) mass is 238 g/mol. The van der Waals surface area contributed by atoms with E-state index in [9.17, 15) is 13.2 Å². The number of halogens is 4. The van der Waals surface area contributed by atoms with E-state index in [0.29, 0.717) is 4.47 Å². The zero-order valence-corrected chi connectivity index (χ0v) is 7.15. The number of hydrogen-bond acceptors (Lipinski definition) is 2. The summed E-state index contributed by atoms with van der Waals surface area (Å²) in [4.78, 5) is 6.66. The van der Waals surface area contributed by atoms with Crippen molar-refractivity contribution in [3.63, 3.8) is 0 Å². The summed E-state index contributed by atoms with van der Waals surface area (Å²) >= 11 is 2.98. The molecule has 0 aliphatic rings. The van der Waals surface area contributed by atoms with Crippen LogP contribution < -0.4 is 0 Å². The zero-order valence-electron chi connectivity index (χ0n) is 5.56. The molecule has 0 aliphatic heterocycles. The standard InChI is InChI=1S/C6H2BrF3N2/c7-3-1-11-6(12-2-3)4(8)5(9)10/h1-2H. The fourth-order valence-electron chi connectivity index (χ4n) is 0.510. The van der Waals surface area contributed by atoms with Gasteiger partial charge in [0.25, 0.3) is 0 Å². The number of nitrogens with zero attached hydrogens (tertiary/aromatic N) is 2. The first kappa shape index (κ1) is 9.18. The quantitative estimate of drug-likeness (QED) is 0.752. The molecule has 1 aromatic rings. The van der Waals surface area contributed by atoms with Crippen LogP contribution in [0.3, 0.4) is 0 Å². The van der Waals surface area contributed by atoms with Crippen LogP contribution in [-0.2, 0) is 0 Å². The Kier molecular flexibility index (Phi) is 2.80. The van der Waals surface area contributed by atoms with Crippen LogP contribution in [0, 0.1) is 0 Å². The minimum Gasteiger partial charge on any atom is -0.233 e. The molecule has 0 saturated carbocycles. The second kappa shape index (κ2) is 3.66. The summed E-state index contributed by atoms with van der Waals surface area (Å²) in [6.07, 6.45) is -0.0484. The second-order valence-corrected chi connectivity index (χ2v) is 2.71. The SMILES string of the molecule is FC(F)=C(F)c1ncc(Br)cn1. The fraction of sp³-hybridized carbons (Fsp3) is 0. The van der Waals surface area contributed by atoms with Crippen molar-refractivity contribution < 1.29 is 13.2 Å². The predicted octanol–water partition coefficient (Wildman–Crippen LogP) is 2.77. The molecule has 6 heteroatoms. The van der Waals surface area contributed by atoms with Gasteiger partial charge in [0.1, 0.15) is 0 Å².